The topological polar surface area (TPSA) is 66.9 Å². The van der Waals surface area contributed by atoms with Gasteiger partial charge in [-0.1, -0.05) is 38.1 Å². The summed E-state index contributed by atoms with van der Waals surface area (Å²) >= 11 is 0. The van der Waals surface area contributed by atoms with Crippen LogP contribution >= 0.6 is 0 Å². The van der Waals surface area contributed by atoms with Gasteiger partial charge in [-0.15, -0.1) is 0 Å². The fourth-order valence-electron chi connectivity index (χ4n) is 3.57. The highest BCUT2D eigenvalue weighted by atomic mass is 19.4. The number of nitriles is 1. The largest absolute Gasteiger partial charge is 0.416 e. The molecule has 2 rings (SSSR count). The maximum atomic E-state index is 13.2. The van der Waals surface area contributed by atoms with E-state index in [2.05, 4.69) is 0 Å². The highest BCUT2D eigenvalue weighted by Gasteiger charge is 2.40. The molecule has 31 heavy (non-hydrogen) atoms. The standard InChI is InChI=1S/C22H20F6N2O/c1-13(2)12-20(6-7-29,19(30)31)16-5-3-4-14(8-16)15-9-17(21(23,24)25)11-18(10-15)22(26,27)28/h3-5,8-11,13H,6,12H2,1-2H3,(H2,30,31). The van der Waals surface area contributed by atoms with Crippen LogP contribution in [0.25, 0.3) is 11.1 Å². The van der Waals surface area contributed by atoms with E-state index in [-0.39, 0.29) is 41.5 Å². The number of rotatable bonds is 6. The number of primary amides is 1. The van der Waals surface area contributed by atoms with Crippen molar-refractivity contribution >= 4 is 5.91 Å². The molecule has 3 nitrogen and oxygen atoms in total. The first-order valence-electron chi connectivity index (χ1n) is 9.28. The summed E-state index contributed by atoms with van der Waals surface area (Å²) in [5.41, 5.74) is 1.29. The second kappa shape index (κ2) is 8.61. The van der Waals surface area contributed by atoms with Gasteiger partial charge in [0.15, 0.2) is 0 Å². The zero-order valence-corrected chi connectivity index (χ0v) is 16.7. The van der Waals surface area contributed by atoms with E-state index >= 15 is 0 Å². The van der Waals surface area contributed by atoms with Crippen LogP contribution in [0.1, 0.15) is 43.4 Å². The lowest BCUT2D eigenvalue weighted by Crippen LogP contribution is -2.42. The average molecular weight is 442 g/mol. The predicted octanol–water partition coefficient (Wildman–Crippen LogP) is 6.07. The molecule has 166 valence electrons. The third kappa shape index (κ3) is 5.37. The normalized spacial score (nSPS) is 14.2. The maximum Gasteiger partial charge on any atom is 0.416 e. The van der Waals surface area contributed by atoms with Crippen LogP contribution in [-0.2, 0) is 22.6 Å². The van der Waals surface area contributed by atoms with Crippen molar-refractivity contribution in [3.05, 3.63) is 59.2 Å². The number of hydrogen-bond donors (Lipinski definition) is 1. The molecule has 2 aromatic carbocycles. The Hall–Kier alpha value is -3.02. The zero-order valence-electron chi connectivity index (χ0n) is 16.7. The third-order valence-electron chi connectivity index (χ3n) is 4.95. The first kappa shape index (κ1) is 24.3. The van der Waals surface area contributed by atoms with E-state index in [1.54, 1.807) is 13.8 Å². The molecule has 0 aromatic heterocycles. The summed E-state index contributed by atoms with van der Waals surface area (Å²) in [6.07, 6.45) is -10.1. The molecule has 1 unspecified atom stereocenters. The lowest BCUT2D eigenvalue weighted by Gasteiger charge is -2.31. The van der Waals surface area contributed by atoms with Crippen molar-refractivity contribution in [1.82, 2.24) is 0 Å². The highest BCUT2D eigenvalue weighted by Crippen LogP contribution is 2.40. The molecule has 0 aliphatic carbocycles. The zero-order chi connectivity index (χ0) is 23.6. The average Bonchev–Trinajstić information content (AvgIpc) is 2.65. The second-order valence-electron chi connectivity index (χ2n) is 7.75. The van der Waals surface area contributed by atoms with Crippen LogP contribution in [0.2, 0.25) is 0 Å². The number of hydrogen-bond acceptors (Lipinski definition) is 2. The number of nitrogens with zero attached hydrogens (tertiary/aromatic N) is 1. The maximum absolute atomic E-state index is 13.2. The van der Waals surface area contributed by atoms with Crippen LogP contribution in [0.3, 0.4) is 0 Å². The molecule has 9 heteroatoms. The van der Waals surface area contributed by atoms with Gasteiger partial charge in [0, 0.05) is 0 Å². The molecule has 0 saturated heterocycles. The number of carbonyl (C=O) groups is 1. The number of halogens is 6. The van der Waals surface area contributed by atoms with Gasteiger partial charge in [-0.3, -0.25) is 4.79 Å². The van der Waals surface area contributed by atoms with Crippen LogP contribution in [-0.4, -0.2) is 5.91 Å². The molecular weight excluding hydrogens is 422 g/mol. The molecule has 0 aliphatic rings. The Bertz CT molecular complexity index is 972. The van der Waals surface area contributed by atoms with E-state index < -0.39 is 34.8 Å². The minimum Gasteiger partial charge on any atom is -0.369 e. The van der Waals surface area contributed by atoms with Crippen molar-refractivity contribution in [3.63, 3.8) is 0 Å². The predicted molar refractivity (Wildman–Crippen MR) is 102 cm³/mol. The SMILES string of the molecule is CC(C)CC(CC#N)(C(N)=O)c1cccc(-c2cc(C(F)(F)F)cc(C(F)(F)F)c2)c1. The van der Waals surface area contributed by atoms with Crippen molar-refractivity contribution in [2.75, 3.05) is 0 Å². The van der Waals surface area contributed by atoms with Gasteiger partial charge in [0.2, 0.25) is 5.91 Å². The van der Waals surface area contributed by atoms with E-state index in [9.17, 15) is 36.4 Å². The Morgan fingerprint density at radius 1 is 0.935 bits per heavy atom. The summed E-state index contributed by atoms with van der Waals surface area (Å²) in [6.45, 7) is 3.61. The fraction of sp³-hybridized carbons (Fsp3) is 0.364. The molecule has 0 heterocycles. The number of benzene rings is 2. The molecule has 0 spiro atoms. The van der Waals surface area contributed by atoms with Crippen LogP contribution in [0.5, 0.6) is 0 Å². The van der Waals surface area contributed by atoms with Crippen LogP contribution in [0, 0.1) is 17.2 Å². The van der Waals surface area contributed by atoms with Gasteiger partial charge < -0.3 is 5.73 Å². The summed E-state index contributed by atoms with van der Waals surface area (Å²) in [5, 5.41) is 9.26. The Kier molecular flexibility index (Phi) is 6.74. The van der Waals surface area contributed by atoms with Crippen molar-refractivity contribution in [2.24, 2.45) is 11.7 Å². The Morgan fingerprint density at radius 2 is 1.45 bits per heavy atom. The smallest absolute Gasteiger partial charge is 0.369 e. The highest BCUT2D eigenvalue weighted by molar-refractivity contribution is 5.87. The number of carbonyl (C=O) groups excluding carboxylic acids is 1. The molecule has 0 bridgehead atoms. The Balaban J connectivity index is 2.74. The molecule has 2 N–H and O–H groups in total. The van der Waals surface area contributed by atoms with Gasteiger partial charge in [0.05, 0.1) is 29.0 Å². The molecule has 2 aromatic rings. The first-order valence-corrected chi connectivity index (χ1v) is 9.28. The van der Waals surface area contributed by atoms with Crippen molar-refractivity contribution in [2.45, 2.75) is 44.5 Å². The first-order chi connectivity index (χ1) is 14.2. The molecule has 1 atom stereocenters. The van der Waals surface area contributed by atoms with Gasteiger partial charge in [-0.25, -0.2) is 0 Å². The van der Waals surface area contributed by atoms with Crippen LogP contribution in [0.15, 0.2) is 42.5 Å². The molecular formula is C22H20F6N2O. The molecule has 0 aliphatic heterocycles. The molecule has 0 fully saturated rings. The quantitative estimate of drug-likeness (QED) is 0.552. The third-order valence-corrected chi connectivity index (χ3v) is 4.95. The van der Waals surface area contributed by atoms with Gasteiger partial charge in [-0.05, 0) is 47.2 Å². The molecule has 0 radical (unpaired) electrons. The minimum absolute atomic E-state index is 0.0430. The van der Waals surface area contributed by atoms with E-state index in [1.165, 1.54) is 24.3 Å². The number of amides is 1. The summed E-state index contributed by atoms with van der Waals surface area (Å²) in [4.78, 5) is 12.3. The van der Waals surface area contributed by atoms with Gasteiger partial charge in [-0.2, -0.15) is 31.6 Å². The summed E-state index contributed by atoms with van der Waals surface area (Å²) in [7, 11) is 0. The molecule has 0 saturated carbocycles. The molecule has 1 amide bonds. The van der Waals surface area contributed by atoms with Crippen molar-refractivity contribution in [1.29, 1.82) is 5.26 Å². The monoisotopic (exact) mass is 442 g/mol. The summed E-state index contributed by atoms with van der Waals surface area (Å²) < 4.78 is 79.2. The number of alkyl halides is 6. The van der Waals surface area contributed by atoms with E-state index in [1.807, 2.05) is 6.07 Å². The van der Waals surface area contributed by atoms with E-state index in [0.717, 1.165) is 0 Å². The van der Waals surface area contributed by atoms with Crippen molar-refractivity contribution in [3.8, 4) is 17.2 Å². The summed E-state index contributed by atoms with van der Waals surface area (Å²) in [6, 6.07) is 8.76. The minimum atomic E-state index is -4.98. The van der Waals surface area contributed by atoms with Gasteiger partial charge in [0.1, 0.15) is 0 Å². The Morgan fingerprint density at radius 3 is 1.87 bits per heavy atom. The second-order valence-corrected chi connectivity index (χ2v) is 7.75. The van der Waals surface area contributed by atoms with E-state index in [0.29, 0.717) is 12.1 Å². The fourth-order valence-corrected chi connectivity index (χ4v) is 3.57. The van der Waals surface area contributed by atoms with Crippen molar-refractivity contribution < 1.29 is 31.1 Å². The number of nitrogens with two attached hydrogens (primary N) is 1. The van der Waals surface area contributed by atoms with Crippen LogP contribution in [0.4, 0.5) is 26.3 Å². The summed E-state index contributed by atoms with van der Waals surface area (Å²) in [5.74, 6) is -0.852. The lowest BCUT2D eigenvalue weighted by molar-refractivity contribution is -0.143. The Labute approximate surface area is 175 Å². The van der Waals surface area contributed by atoms with Gasteiger partial charge in [0.25, 0.3) is 0 Å². The van der Waals surface area contributed by atoms with Crippen LogP contribution < -0.4 is 5.73 Å². The van der Waals surface area contributed by atoms with Gasteiger partial charge >= 0.3 is 12.4 Å². The lowest BCUT2D eigenvalue weighted by atomic mass is 9.71. The van der Waals surface area contributed by atoms with E-state index in [4.69, 9.17) is 5.73 Å².